The van der Waals surface area contributed by atoms with Crippen molar-refractivity contribution in [1.29, 1.82) is 0 Å². The second-order valence-corrected chi connectivity index (χ2v) is 6.83. The van der Waals surface area contributed by atoms with Crippen molar-refractivity contribution < 1.29 is 19.0 Å². The second kappa shape index (κ2) is 9.82. The van der Waals surface area contributed by atoms with Gasteiger partial charge in [0.1, 0.15) is 0 Å². The van der Waals surface area contributed by atoms with Crippen LogP contribution in [-0.4, -0.2) is 31.4 Å². The third-order valence-electron chi connectivity index (χ3n) is 4.75. The number of fused-ring (bicyclic) bond motifs is 1. The van der Waals surface area contributed by atoms with Crippen molar-refractivity contribution in [1.82, 2.24) is 9.88 Å². The van der Waals surface area contributed by atoms with Gasteiger partial charge in [-0.05, 0) is 24.1 Å². The van der Waals surface area contributed by atoms with Crippen LogP contribution in [0.2, 0.25) is 0 Å². The fourth-order valence-corrected chi connectivity index (χ4v) is 3.17. The summed E-state index contributed by atoms with van der Waals surface area (Å²) in [7, 11) is 3.02. The highest BCUT2D eigenvalue weighted by Gasteiger charge is 2.17. The van der Waals surface area contributed by atoms with E-state index in [-0.39, 0.29) is 11.3 Å². The lowest BCUT2D eigenvalue weighted by molar-refractivity contribution is 0.200. The molecule has 1 amide bonds. The first kappa shape index (κ1) is 21.2. The van der Waals surface area contributed by atoms with Gasteiger partial charge in [-0.2, -0.15) is 0 Å². The molecule has 0 aliphatic heterocycles. The highest BCUT2D eigenvalue weighted by molar-refractivity contribution is 5.92. The van der Waals surface area contributed by atoms with Crippen molar-refractivity contribution in [2.75, 3.05) is 20.8 Å². The third kappa shape index (κ3) is 4.74. The Morgan fingerprint density at radius 3 is 2.30 bits per heavy atom. The highest BCUT2D eigenvalue weighted by atomic mass is 16.6. The zero-order valence-corrected chi connectivity index (χ0v) is 17.4. The van der Waals surface area contributed by atoms with Gasteiger partial charge in [-0.15, -0.1) is 0 Å². The number of nitrogens with one attached hydrogen (secondary N) is 1. The molecule has 0 saturated heterocycles. The lowest BCUT2D eigenvalue weighted by Crippen LogP contribution is -2.29. The number of ether oxygens (including phenoxy) is 3. The number of hydrogen-bond acceptors (Lipinski definition) is 5. The standard InChI is InChI=1S/C23H26N2O5/c1-4-5-11-24-23(27)30-21-15-25(14-16-9-7-6-8-10-16)22(26)18-13-20(29-3)19(28-2)12-17(18)21/h6-10,12-13,15H,4-5,11,14H2,1-3H3,(H,24,27). The number of nitrogens with zero attached hydrogens (tertiary/aromatic N) is 1. The van der Waals surface area contributed by atoms with E-state index in [0.717, 1.165) is 18.4 Å². The monoisotopic (exact) mass is 410 g/mol. The Morgan fingerprint density at radius 1 is 1.00 bits per heavy atom. The zero-order valence-electron chi connectivity index (χ0n) is 17.4. The molecule has 1 aromatic heterocycles. The number of rotatable bonds is 8. The molecular formula is C23H26N2O5. The van der Waals surface area contributed by atoms with Gasteiger partial charge >= 0.3 is 6.09 Å². The van der Waals surface area contributed by atoms with Gasteiger partial charge in [0.2, 0.25) is 0 Å². The van der Waals surface area contributed by atoms with E-state index in [0.29, 0.717) is 35.4 Å². The van der Waals surface area contributed by atoms with Crippen molar-refractivity contribution >= 4 is 16.9 Å². The normalized spacial score (nSPS) is 10.6. The molecule has 1 heterocycles. The van der Waals surface area contributed by atoms with Gasteiger partial charge in [0.25, 0.3) is 5.56 Å². The number of benzene rings is 2. The van der Waals surface area contributed by atoms with Gasteiger partial charge in [0, 0.05) is 11.9 Å². The molecule has 158 valence electrons. The summed E-state index contributed by atoms with van der Waals surface area (Å²) < 4.78 is 17.8. The molecule has 0 spiro atoms. The molecule has 3 aromatic rings. The fourth-order valence-electron chi connectivity index (χ4n) is 3.17. The summed E-state index contributed by atoms with van der Waals surface area (Å²) in [6.07, 6.45) is 2.81. The molecule has 7 nitrogen and oxygen atoms in total. The van der Waals surface area contributed by atoms with Gasteiger partial charge in [-0.25, -0.2) is 4.79 Å². The van der Waals surface area contributed by atoms with E-state index in [4.69, 9.17) is 14.2 Å². The average Bonchev–Trinajstić information content (AvgIpc) is 2.77. The van der Waals surface area contributed by atoms with Crippen LogP contribution < -0.4 is 25.1 Å². The fraction of sp³-hybridized carbons (Fsp3) is 0.304. The van der Waals surface area contributed by atoms with Crippen molar-refractivity contribution in [2.24, 2.45) is 0 Å². The second-order valence-electron chi connectivity index (χ2n) is 6.83. The summed E-state index contributed by atoms with van der Waals surface area (Å²) in [6.45, 7) is 2.91. The summed E-state index contributed by atoms with van der Waals surface area (Å²) in [5, 5.41) is 3.58. The van der Waals surface area contributed by atoms with Crippen LogP contribution in [-0.2, 0) is 6.54 Å². The minimum Gasteiger partial charge on any atom is -0.493 e. The number of amides is 1. The molecule has 0 fully saturated rings. The van der Waals surface area contributed by atoms with E-state index in [1.807, 2.05) is 37.3 Å². The number of aromatic nitrogens is 1. The van der Waals surface area contributed by atoms with Crippen LogP contribution in [0.4, 0.5) is 4.79 Å². The third-order valence-corrected chi connectivity index (χ3v) is 4.75. The molecule has 30 heavy (non-hydrogen) atoms. The maximum atomic E-state index is 13.2. The number of carbonyl (C=O) groups is 1. The Balaban J connectivity index is 2.09. The Labute approximate surface area is 175 Å². The summed E-state index contributed by atoms with van der Waals surface area (Å²) in [5.74, 6) is 1.15. The molecule has 0 aliphatic rings. The van der Waals surface area contributed by atoms with Gasteiger partial charge in [-0.1, -0.05) is 43.7 Å². The van der Waals surface area contributed by atoms with Crippen LogP contribution in [0.5, 0.6) is 17.2 Å². The molecule has 0 aliphatic carbocycles. The maximum Gasteiger partial charge on any atom is 0.412 e. The smallest absolute Gasteiger partial charge is 0.412 e. The largest absolute Gasteiger partial charge is 0.493 e. The molecule has 1 N–H and O–H groups in total. The summed E-state index contributed by atoms with van der Waals surface area (Å²) in [5.41, 5.74) is 0.742. The predicted octanol–water partition coefficient (Wildman–Crippen LogP) is 3.96. The van der Waals surface area contributed by atoms with E-state index < -0.39 is 6.09 Å². The summed E-state index contributed by atoms with van der Waals surface area (Å²) in [4.78, 5) is 25.4. The van der Waals surface area contributed by atoms with Crippen LogP contribution in [0, 0.1) is 0 Å². The summed E-state index contributed by atoms with van der Waals surface area (Å²) in [6, 6.07) is 12.9. The Kier molecular flexibility index (Phi) is 6.95. The minimum atomic E-state index is -0.565. The average molecular weight is 410 g/mol. The molecule has 0 radical (unpaired) electrons. The van der Waals surface area contributed by atoms with Crippen molar-refractivity contribution in [3.8, 4) is 17.2 Å². The molecule has 2 aromatic carbocycles. The van der Waals surface area contributed by atoms with Gasteiger partial charge < -0.3 is 24.1 Å². The Hall–Kier alpha value is -3.48. The van der Waals surface area contributed by atoms with E-state index in [1.165, 1.54) is 18.8 Å². The van der Waals surface area contributed by atoms with Gasteiger partial charge in [0.15, 0.2) is 17.2 Å². The SMILES string of the molecule is CCCCNC(=O)Oc1cn(Cc2ccccc2)c(=O)c2cc(OC)c(OC)cc12. The first-order valence-corrected chi connectivity index (χ1v) is 9.86. The van der Waals surface area contributed by atoms with Crippen molar-refractivity contribution in [3.63, 3.8) is 0 Å². The summed E-state index contributed by atoms with van der Waals surface area (Å²) >= 11 is 0. The van der Waals surface area contributed by atoms with Crippen LogP contribution in [0.25, 0.3) is 10.8 Å². The van der Waals surface area contributed by atoms with E-state index in [1.54, 1.807) is 18.3 Å². The number of methoxy groups -OCH3 is 2. The molecular weight excluding hydrogens is 384 g/mol. The molecule has 0 bridgehead atoms. The van der Waals surface area contributed by atoms with Crippen LogP contribution in [0.15, 0.2) is 53.5 Å². The van der Waals surface area contributed by atoms with Crippen LogP contribution in [0.1, 0.15) is 25.3 Å². The Bertz CT molecular complexity index is 1080. The number of hydrogen-bond donors (Lipinski definition) is 1. The molecule has 7 heteroatoms. The molecule has 0 unspecified atom stereocenters. The quantitative estimate of drug-likeness (QED) is 0.569. The number of unbranched alkanes of at least 4 members (excludes halogenated alkanes) is 1. The first-order valence-electron chi connectivity index (χ1n) is 9.86. The highest BCUT2D eigenvalue weighted by Crippen LogP contribution is 2.35. The maximum absolute atomic E-state index is 13.2. The van der Waals surface area contributed by atoms with Crippen LogP contribution >= 0.6 is 0 Å². The lowest BCUT2D eigenvalue weighted by atomic mass is 10.1. The minimum absolute atomic E-state index is 0.214. The number of carbonyl (C=O) groups excluding carboxylic acids is 1. The first-order chi connectivity index (χ1) is 14.6. The Morgan fingerprint density at radius 2 is 1.67 bits per heavy atom. The van der Waals surface area contributed by atoms with Gasteiger partial charge in [-0.3, -0.25) is 4.79 Å². The number of pyridine rings is 1. The van der Waals surface area contributed by atoms with E-state index in [9.17, 15) is 9.59 Å². The predicted molar refractivity (Wildman–Crippen MR) is 116 cm³/mol. The molecule has 3 rings (SSSR count). The zero-order chi connectivity index (χ0) is 21.5. The van der Waals surface area contributed by atoms with Crippen molar-refractivity contribution in [2.45, 2.75) is 26.3 Å². The van der Waals surface area contributed by atoms with Gasteiger partial charge in [0.05, 0.1) is 32.3 Å². The molecule has 0 atom stereocenters. The van der Waals surface area contributed by atoms with Crippen LogP contribution in [0.3, 0.4) is 0 Å². The van der Waals surface area contributed by atoms with E-state index >= 15 is 0 Å². The topological polar surface area (TPSA) is 78.8 Å². The molecule has 0 saturated carbocycles. The lowest BCUT2D eigenvalue weighted by Gasteiger charge is -2.15. The van der Waals surface area contributed by atoms with Crippen molar-refractivity contribution in [3.05, 3.63) is 64.6 Å². The van der Waals surface area contributed by atoms with E-state index in [2.05, 4.69) is 5.32 Å².